The molecule has 1 aromatic heterocycles. The Morgan fingerprint density at radius 3 is 2.41 bits per heavy atom. The molecule has 2 aliphatic rings. The van der Waals surface area contributed by atoms with E-state index < -0.39 is 17.6 Å². The number of esters is 1. The second-order valence-electron chi connectivity index (χ2n) is 10.6. The van der Waals surface area contributed by atoms with Gasteiger partial charge in [-0.25, -0.2) is 9.79 Å². The summed E-state index contributed by atoms with van der Waals surface area (Å²) >= 11 is 1.14. The standard InChI is InChI=1S/C35H31N3O5S/c1-5-20-37-26-15-11-10-14-25(26)27(32(37)39)31-33(40)38-30(23-16-18-24(19-17-23)43-21(3)4)28(34(41)42-6-2)29(36-35(38)44-31)22-12-8-7-9-13-22/h5,7-19,21,30H,1,6,20H2,2-4H3/b31-27-/t30-/m0/s1. The summed E-state index contributed by atoms with van der Waals surface area (Å²) in [7, 11) is 0. The van der Waals surface area contributed by atoms with Crippen LogP contribution in [-0.4, -0.2) is 35.7 Å². The lowest BCUT2D eigenvalue weighted by Crippen LogP contribution is -2.41. The molecule has 222 valence electrons. The van der Waals surface area contributed by atoms with Crippen LogP contribution in [0.4, 0.5) is 5.69 Å². The minimum Gasteiger partial charge on any atom is -0.491 e. The summed E-state index contributed by atoms with van der Waals surface area (Å²) < 4.78 is 13.2. The number of aromatic nitrogens is 1. The molecule has 8 nitrogen and oxygen atoms in total. The van der Waals surface area contributed by atoms with Gasteiger partial charge in [-0.2, -0.15) is 0 Å². The average Bonchev–Trinajstić information content (AvgIpc) is 3.49. The highest BCUT2D eigenvalue weighted by Crippen LogP contribution is 2.37. The van der Waals surface area contributed by atoms with Gasteiger partial charge in [0.15, 0.2) is 4.80 Å². The number of hydrogen-bond donors (Lipinski definition) is 0. The van der Waals surface area contributed by atoms with Crippen LogP contribution < -0.4 is 24.5 Å². The minimum absolute atomic E-state index is 0.0211. The summed E-state index contributed by atoms with van der Waals surface area (Å²) in [5.74, 6) is -0.185. The van der Waals surface area contributed by atoms with E-state index in [1.165, 1.54) is 4.57 Å². The van der Waals surface area contributed by atoms with Crippen molar-refractivity contribution in [1.82, 2.24) is 4.57 Å². The smallest absolute Gasteiger partial charge is 0.338 e. The maximum atomic E-state index is 14.5. The fourth-order valence-electron chi connectivity index (χ4n) is 5.62. The van der Waals surface area contributed by atoms with E-state index in [2.05, 4.69) is 6.58 Å². The molecule has 0 bridgehead atoms. The SMILES string of the molecule is C=CCN1C(=O)/C(=c2\sc3n(c2=O)[C@@H](c2ccc(OC(C)C)cc2)C(C(=O)OCC)=C(c2ccccc2)N=3)c2ccccc21. The van der Waals surface area contributed by atoms with Crippen LogP contribution in [0.25, 0.3) is 11.3 Å². The first-order valence-electron chi connectivity index (χ1n) is 14.4. The van der Waals surface area contributed by atoms with Gasteiger partial charge in [-0.15, -0.1) is 6.58 Å². The molecule has 0 saturated heterocycles. The van der Waals surface area contributed by atoms with Crippen LogP contribution >= 0.6 is 11.3 Å². The first-order valence-corrected chi connectivity index (χ1v) is 15.3. The van der Waals surface area contributed by atoms with Crippen molar-refractivity contribution in [2.45, 2.75) is 32.9 Å². The summed E-state index contributed by atoms with van der Waals surface area (Å²) in [4.78, 5) is 48.9. The van der Waals surface area contributed by atoms with E-state index in [-0.39, 0.29) is 28.7 Å². The number of benzene rings is 3. The Labute approximate surface area is 258 Å². The topological polar surface area (TPSA) is 90.2 Å². The largest absolute Gasteiger partial charge is 0.491 e. The first-order chi connectivity index (χ1) is 21.3. The number of hydrogen-bond acceptors (Lipinski definition) is 7. The molecule has 9 heteroatoms. The molecule has 1 amide bonds. The van der Waals surface area contributed by atoms with E-state index in [4.69, 9.17) is 14.5 Å². The lowest BCUT2D eigenvalue weighted by molar-refractivity contribution is -0.138. The van der Waals surface area contributed by atoms with Gasteiger partial charge in [0, 0.05) is 17.7 Å². The summed E-state index contributed by atoms with van der Waals surface area (Å²) in [6.45, 7) is 9.88. The lowest BCUT2D eigenvalue weighted by atomic mass is 9.93. The van der Waals surface area contributed by atoms with Crippen LogP contribution in [0.1, 0.15) is 43.5 Å². The highest BCUT2D eigenvalue weighted by molar-refractivity contribution is 7.07. The molecule has 0 spiro atoms. The van der Waals surface area contributed by atoms with Gasteiger partial charge in [-0.3, -0.25) is 14.2 Å². The van der Waals surface area contributed by atoms with Crippen molar-refractivity contribution < 1.29 is 19.1 Å². The number of para-hydroxylation sites is 1. The van der Waals surface area contributed by atoms with Crippen LogP contribution in [-0.2, 0) is 14.3 Å². The van der Waals surface area contributed by atoms with Crippen molar-refractivity contribution in [3.8, 4) is 5.75 Å². The van der Waals surface area contributed by atoms with E-state index in [9.17, 15) is 14.4 Å². The molecule has 3 heterocycles. The number of rotatable bonds is 8. The molecule has 0 fully saturated rings. The minimum atomic E-state index is -0.862. The van der Waals surface area contributed by atoms with Crippen molar-refractivity contribution in [2.24, 2.45) is 4.99 Å². The van der Waals surface area contributed by atoms with Gasteiger partial charge in [0.1, 0.15) is 10.3 Å². The van der Waals surface area contributed by atoms with Crippen molar-refractivity contribution in [3.63, 3.8) is 0 Å². The van der Waals surface area contributed by atoms with Crippen molar-refractivity contribution in [2.75, 3.05) is 18.1 Å². The van der Waals surface area contributed by atoms with Crippen LogP contribution in [0.5, 0.6) is 5.75 Å². The maximum Gasteiger partial charge on any atom is 0.338 e. The lowest BCUT2D eigenvalue weighted by Gasteiger charge is -2.26. The zero-order valence-electron chi connectivity index (χ0n) is 24.7. The normalized spacial score (nSPS) is 16.9. The molecular weight excluding hydrogens is 574 g/mol. The van der Waals surface area contributed by atoms with Gasteiger partial charge in [0.2, 0.25) is 0 Å². The molecular formula is C35H31N3O5S. The second-order valence-corrected chi connectivity index (χ2v) is 11.6. The Morgan fingerprint density at radius 1 is 1.02 bits per heavy atom. The van der Waals surface area contributed by atoms with E-state index in [1.807, 2.05) is 92.7 Å². The number of ether oxygens (including phenoxy) is 2. The van der Waals surface area contributed by atoms with Crippen LogP contribution in [0.3, 0.4) is 0 Å². The zero-order chi connectivity index (χ0) is 31.0. The van der Waals surface area contributed by atoms with Gasteiger partial charge in [0.25, 0.3) is 11.5 Å². The molecule has 6 rings (SSSR count). The number of carbonyl (C=O) groups excluding carboxylic acids is 2. The van der Waals surface area contributed by atoms with Gasteiger partial charge in [-0.1, -0.05) is 78.1 Å². The summed E-state index contributed by atoms with van der Waals surface area (Å²) in [5, 5.41) is 0. The molecule has 1 atom stereocenters. The summed E-state index contributed by atoms with van der Waals surface area (Å²) in [5.41, 5.74) is 3.34. The Morgan fingerprint density at radius 2 is 1.73 bits per heavy atom. The fraction of sp³-hybridized carbons (Fsp3) is 0.200. The molecule has 0 saturated carbocycles. The predicted octanol–water partition coefficient (Wildman–Crippen LogP) is 4.63. The Balaban J connectivity index is 1.67. The maximum absolute atomic E-state index is 14.5. The predicted molar refractivity (Wildman–Crippen MR) is 171 cm³/mol. The van der Waals surface area contributed by atoms with Crippen LogP contribution in [0, 0.1) is 0 Å². The second kappa shape index (κ2) is 11.9. The number of carbonyl (C=O) groups is 2. The molecule has 0 radical (unpaired) electrons. The van der Waals surface area contributed by atoms with Crippen LogP contribution in [0.2, 0.25) is 0 Å². The van der Waals surface area contributed by atoms with Gasteiger partial charge in [-0.05, 0) is 44.5 Å². The van der Waals surface area contributed by atoms with E-state index in [0.29, 0.717) is 50.7 Å². The molecule has 4 aromatic rings. The number of amides is 1. The molecule has 2 aliphatic heterocycles. The third-order valence-corrected chi connectivity index (χ3v) is 8.43. The number of thiazole rings is 1. The summed E-state index contributed by atoms with van der Waals surface area (Å²) in [6.07, 6.45) is 1.64. The number of nitrogens with zero attached hydrogens (tertiary/aromatic N) is 3. The highest BCUT2D eigenvalue weighted by Gasteiger charge is 2.38. The van der Waals surface area contributed by atoms with E-state index in [1.54, 1.807) is 17.9 Å². The van der Waals surface area contributed by atoms with Crippen LogP contribution in [0.15, 0.2) is 107 Å². The van der Waals surface area contributed by atoms with Gasteiger partial charge < -0.3 is 14.4 Å². The third-order valence-electron chi connectivity index (χ3n) is 7.38. The number of anilines is 1. The molecule has 0 N–H and O–H groups in total. The van der Waals surface area contributed by atoms with Gasteiger partial charge in [0.05, 0.1) is 41.3 Å². The third kappa shape index (κ3) is 4.99. The van der Waals surface area contributed by atoms with Crippen molar-refractivity contribution in [1.29, 1.82) is 0 Å². The average molecular weight is 606 g/mol. The van der Waals surface area contributed by atoms with E-state index in [0.717, 1.165) is 11.3 Å². The highest BCUT2D eigenvalue weighted by atomic mass is 32.1. The number of fused-ring (bicyclic) bond motifs is 2. The molecule has 44 heavy (non-hydrogen) atoms. The fourth-order valence-corrected chi connectivity index (χ4v) is 6.71. The van der Waals surface area contributed by atoms with Gasteiger partial charge >= 0.3 is 5.97 Å². The van der Waals surface area contributed by atoms with Crippen molar-refractivity contribution >= 4 is 40.2 Å². The first kappa shape index (κ1) is 29.1. The Hall–Kier alpha value is -5.02. The zero-order valence-corrected chi connectivity index (χ0v) is 25.5. The monoisotopic (exact) mass is 605 g/mol. The molecule has 3 aromatic carbocycles. The quantitative estimate of drug-likeness (QED) is 0.216. The molecule has 0 unspecified atom stereocenters. The Bertz CT molecular complexity index is 1990. The summed E-state index contributed by atoms with van der Waals surface area (Å²) in [6, 6.07) is 23.2. The van der Waals surface area contributed by atoms with E-state index >= 15 is 0 Å². The molecule has 0 aliphatic carbocycles. The Kier molecular flexibility index (Phi) is 7.88. The van der Waals surface area contributed by atoms with Crippen molar-refractivity contribution in [3.05, 3.63) is 133 Å².